The van der Waals surface area contributed by atoms with Crippen LogP contribution in [0, 0.1) is 16.7 Å². The van der Waals surface area contributed by atoms with Crippen molar-refractivity contribution in [2.45, 2.75) is 59.5 Å². The standard InChI is InChI=1S/C15H24O2/c1-10(2)5-6-12(16)15(4)11-7-8-14(15,3)13(17)9-11/h5,11-12,16H,6-9H2,1-4H3. The Labute approximate surface area is 104 Å². The number of fused-ring (bicyclic) bond motifs is 2. The van der Waals surface area contributed by atoms with Gasteiger partial charge in [0.05, 0.1) is 6.10 Å². The summed E-state index contributed by atoms with van der Waals surface area (Å²) in [5.41, 5.74) is 0.734. The number of aliphatic hydroxyl groups is 1. The van der Waals surface area contributed by atoms with Crippen molar-refractivity contribution in [3.05, 3.63) is 11.6 Å². The first kappa shape index (κ1) is 12.8. The second-order valence-corrected chi connectivity index (χ2v) is 6.51. The zero-order chi connectivity index (χ0) is 12.8. The Morgan fingerprint density at radius 2 is 2.18 bits per heavy atom. The Kier molecular flexibility index (Phi) is 2.97. The molecule has 2 heteroatoms. The highest BCUT2D eigenvalue weighted by Gasteiger charge is 2.66. The van der Waals surface area contributed by atoms with E-state index in [0.717, 1.165) is 12.8 Å². The number of hydrogen-bond donors (Lipinski definition) is 1. The van der Waals surface area contributed by atoms with Gasteiger partial charge in [0.1, 0.15) is 5.78 Å². The van der Waals surface area contributed by atoms with Crippen molar-refractivity contribution in [1.29, 1.82) is 0 Å². The van der Waals surface area contributed by atoms with Gasteiger partial charge in [-0.25, -0.2) is 0 Å². The van der Waals surface area contributed by atoms with E-state index >= 15 is 0 Å². The lowest BCUT2D eigenvalue weighted by molar-refractivity contribution is -0.131. The normalized spacial score (nSPS) is 41.7. The molecule has 0 aromatic heterocycles. The number of aliphatic hydroxyl groups excluding tert-OH is 1. The van der Waals surface area contributed by atoms with Crippen LogP contribution in [0.25, 0.3) is 0 Å². The van der Waals surface area contributed by atoms with Crippen molar-refractivity contribution in [3.63, 3.8) is 0 Å². The van der Waals surface area contributed by atoms with Gasteiger partial charge in [-0.05, 0) is 39.0 Å². The second kappa shape index (κ2) is 3.94. The number of carbonyl (C=O) groups is 1. The number of rotatable bonds is 3. The molecule has 0 spiro atoms. The molecule has 0 aromatic carbocycles. The van der Waals surface area contributed by atoms with Crippen molar-refractivity contribution in [3.8, 4) is 0 Å². The van der Waals surface area contributed by atoms with Gasteiger partial charge in [-0.1, -0.05) is 25.5 Å². The zero-order valence-corrected chi connectivity index (χ0v) is 11.4. The van der Waals surface area contributed by atoms with Crippen LogP contribution in [0.2, 0.25) is 0 Å². The minimum atomic E-state index is -0.388. The average molecular weight is 236 g/mol. The van der Waals surface area contributed by atoms with Crippen molar-refractivity contribution in [1.82, 2.24) is 0 Å². The molecule has 1 N–H and O–H groups in total. The highest BCUT2D eigenvalue weighted by Crippen LogP contribution is 2.65. The summed E-state index contributed by atoms with van der Waals surface area (Å²) in [5, 5.41) is 10.5. The summed E-state index contributed by atoms with van der Waals surface area (Å²) < 4.78 is 0. The SMILES string of the molecule is CC(C)=CCC(O)C1(C)C2CCC1(C)C(=O)C2. The van der Waals surface area contributed by atoms with E-state index in [0.29, 0.717) is 24.5 Å². The molecule has 0 amide bonds. The first-order valence-electron chi connectivity index (χ1n) is 6.67. The smallest absolute Gasteiger partial charge is 0.139 e. The summed E-state index contributed by atoms with van der Waals surface area (Å²) in [6, 6.07) is 0. The molecule has 2 rings (SSSR count). The fourth-order valence-electron chi connectivity index (χ4n) is 3.92. The Morgan fingerprint density at radius 1 is 1.53 bits per heavy atom. The molecule has 2 aliphatic rings. The Balaban J connectivity index is 2.25. The van der Waals surface area contributed by atoms with Crippen LogP contribution >= 0.6 is 0 Å². The van der Waals surface area contributed by atoms with Gasteiger partial charge in [0, 0.05) is 17.3 Å². The molecule has 0 radical (unpaired) electrons. The molecule has 0 saturated heterocycles. The molecule has 0 aromatic rings. The molecule has 2 nitrogen and oxygen atoms in total. The Bertz CT molecular complexity index is 367. The summed E-state index contributed by atoms with van der Waals surface area (Å²) >= 11 is 0. The Morgan fingerprint density at radius 3 is 2.59 bits per heavy atom. The van der Waals surface area contributed by atoms with Crippen molar-refractivity contribution in [2.75, 3.05) is 0 Å². The maximum Gasteiger partial charge on any atom is 0.139 e. The molecule has 2 bridgehead atoms. The maximum absolute atomic E-state index is 12.1. The van der Waals surface area contributed by atoms with Gasteiger partial charge in [0.2, 0.25) is 0 Å². The molecule has 96 valence electrons. The first-order chi connectivity index (χ1) is 7.82. The van der Waals surface area contributed by atoms with Gasteiger partial charge >= 0.3 is 0 Å². The van der Waals surface area contributed by atoms with Crippen LogP contribution in [0.1, 0.15) is 53.4 Å². The van der Waals surface area contributed by atoms with Crippen LogP contribution in [-0.2, 0) is 4.79 Å². The van der Waals surface area contributed by atoms with E-state index in [-0.39, 0.29) is 16.9 Å². The molecule has 17 heavy (non-hydrogen) atoms. The third kappa shape index (κ3) is 1.61. The van der Waals surface area contributed by atoms with E-state index in [4.69, 9.17) is 0 Å². The van der Waals surface area contributed by atoms with E-state index in [1.165, 1.54) is 5.57 Å². The van der Waals surface area contributed by atoms with Gasteiger partial charge in [0.25, 0.3) is 0 Å². The lowest BCUT2D eigenvalue weighted by Gasteiger charge is -2.40. The fourth-order valence-corrected chi connectivity index (χ4v) is 3.92. The number of allylic oxidation sites excluding steroid dienone is 1. The predicted octanol–water partition coefficient (Wildman–Crippen LogP) is 3.10. The van der Waals surface area contributed by atoms with E-state index in [2.05, 4.69) is 19.9 Å². The molecule has 4 unspecified atom stereocenters. The molecule has 2 aliphatic carbocycles. The van der Waals surface area contributed by atoms with Gasteiger partial charge in [0.15, 0.2) is 0 Å². The van der Waals surface area contributed by atoms with Crippen LogP contribution in [0.4, 0.5) is 0 Å². The Hall–Kier alpha value is -0.630. The second-order valence-electron chi connectivity index (χ2n) is 6.51. The summed E-state index contributed by atoms with van der Waals surface area (Å²) in [7, 11) is 0. The van der Waals surface area contributed by atoms with Crippen LogP contribution < -0.4 is 0 Å². The number of ketones is 1. The third-order valence-electron chi connectivity index (χ3n) is 5.52. The average Bonchev–Trinajstić information content (AvgIpc) is 2.61. The molecular weight excluding hydrogens is 212 g/mol. The summed E-state index contributed by atoms with van der Waals surface area (Å²) in [6.45, 7) is 8.28. The minimum Gasteiger partial charge on any atom is -0.392 e. The van der Waals surface area contributed by atoms with Crippen LogP contribution in [0.3, 0.4) is 0 Å². The van der Waals surface area contributed by atoms with Gasteiger partial charge in [-0.15, -0.1) is 0 Å². The van der Waals surface area contributed by atoms with Crippen LogP contribution in [-0.4, -0.2) is 17.0 Å². The van der Waals surface area contributed by atoms with Gasteiger partial charge in [-0.2, -0.15) is 0 Å². The molecule has 2 saturated carbocycles. The molecule has 0 heterocycles. The number of hydrogen-bond acceptors (Lipinski definition) is 2. The van der Waals surface area contributed by atoms with Gasteiger partial charge < -0.3 is 5.11 Å². The maximum atomic E-state index is 12.1. The van der Waals surface area contributed by atoms with Crippen LogP contribution in [0.5, 0.6) is 0 Å². The molecule has 4 atom stereocenters. The van der Waals surface area contributed by atoms with E-state index in [1.807, 2.05) is 13.8 Å². The van der Waals surface area contributed by atoms with Crippen molar-refractivity contribution in [2.24, 2.45) is 16.7 Å². The van der Waals surface area contributed by atoms with Gasteiger partial charge in [-0.3, -0.25) is 4.79 Å². The van der Waals surface area contributed by atoms with Crippen LogP contribution in [0.15, 0.2) is 11.6 Å². The molecule has 0 aliphatic heterocycles. The van der Waals surface area contributed by atoms with Crippen molar-refractivity contribution < 1.29 is 9.90 Å². The zero-order valence-electron chi connectivity index (χ0n) is 11.4. The number of Topliss-reactive ketones (excluding diaryl/α,β-unsaturated/α-hetero) is 1. The monoisotopic (exact) mass is 236 g/mol. The van der Waals surface area contributed by atoms with Crippen molar-refractivity contribution >= 4 is 5.78 Å². The molecule has 2 fully saturated rings. The fraction of sp³-hybridized carbons (Fsp3) is 0.800. The number of carbonyl (C=O) groups excluding carboxylic acids is 1. The van der Waals surface area contributed by atoms with E-state index in [9.17, 15) is 9.90 Å². The van der Waals surface area contributed by atoms with E-state index < -0.39 is 0 Å². The lowest BCUT2D eigenvalue weighted by atomic mass is 9.65. The van der Waals surface area contributed by atoms with E-state index in [1.54, 1.807) is 0 Å². The predicted molar refractivity (Wildman–Crippen MR) is 68.6 cm³/mol. The third-order valence-corrected chi connectivity index (χ3v) is 5.52. The lowest BCUT2D eigenvalue weighted by Crippen LogP contribution is -2.44. The highest BCUT2D eigenvalue weighted by atomic mass is 16.3. The topological polar surface area (TPSA) is 37.3 Å². The first-order valence-corrected chi connectivity index (χ1v) is 6.67. The summed E-state index contributed by atoms with van der Waals surface area (Å²) in [4.78, 5) is 12.1. The minimum absolute atomic E-state index is 0.212. The summed E-state index contributed by atoms with van der Waals surface area (Å²) in [5.74, 6) is 0.757. The largest absolute Gasteiger partial charge is 0.392 e. The summed E-state index contributed by atoms with van der Waals surface area (Å²) in [6.07, 6.45) is 5.11. The molecular formula is C15H24O2. The quantitative estimate of drug-likeness (QED) is 0.764. The highest BCUT2D eigenvalue weighted by molar-refractivity contribution is 5.89.